The molecule has 0 spiro atoms. The van der Waals surface area contributed by atoms with E-state index in [1.165, 1.54) is 12.8 Å². The molecular formula is C13H25NO3. The van der Waals surface area contributed by atoms with E-state index >= 15 is 0 Å². The monoisotopic (exact) mass is 243 g/mol. The van der Waals surface area contributed by atoms with Crippen LogP contribution >= 0.6 is 0 Å². The molecule has 1 unspecified atom stereocenters. The minimum absolute atomic E-state index is 0.337. The highest BCUT2D eigenvalue weighted by Crippen LogP contribution is 2.25. The van der Waals surface area contributed by atoms with E-state index < -0.39 is 11.5 Å². The first kappa shape index (κ1) is 14.5. The number of carboxylic acid groups (broad SMARTS) is 1. The van der Waals surface area contributed by atoms with Crippen LogP contribution in [0.5, 0.6) is 0 Å². The molecule has 17 heavy (non-hydrogen) atoms. The van der Waals surface area contributed by atoms with Gasteiger partial charge in [0, 0.05) is 19.8 Å². The average molecular weight is 243 g/mol. The molecule has 1 fully saturated rings. The van der Waals surface area contributed by atoms with E-state index in [0.717, 1.165) is 18.8 Å². The van der Waals surface area contributed by atoms with Crippen molar-refractivity contribution in [3.8, 4) is 0 Å². The highest BCUT2D eigenvalue weighted by Gasteiger charge is 2.35. The van der Waals surface area contributed by atoms with Crippen molar-refractivity contribution in [3.63, 3.8) is 0 Å². The van der Waals surface area contributed by atoms with Crippen molar-refractivity contribution in [2.75, 3.05) is 13.7 Å². The second-order valence-electron chi connectivity index (χ2n) is 5.48. The van der Waals surface area contributed by atoms with Crippen LogP contribution < -0.4 is 5.32 Å². The zero-order valence-electron chi connectivity index (χ0n) is 11.2. The smallest absolute Gasteiger partial charge is 0.323 e. The lowest BCUT2D eigenvalue weighted by atomic mass is 9.85. The van der Waals surface area contributed by atoms with Crippen LogP contribution in [-0.2, 0) is 9.53 Å². The molecule has 0 aromatic heterocycles. The predicted octanol–water partition coefficient (Wildman–Crippen LogP) is 2.03. The van der Waals surface area contributed by atoms with E-state index in [1.54, 1.807) is 14.0 Å². The Labute approximate surface area is 104 Å². The van der Waals surface area contributed by atoms with Gasteiger partial charge in [0.15, 0.2) is 0 Å². The van der Waals surface area contributed by atoms with Crippen molar-refractivity contribution < 1.29 is 14.6 Å². The lowest BCUT2D eigenvalue weighted by Gasteiger charge is -2.35. The standard InChI is InChI=1S/C13H25NO3/c1-10-4-6-11(7-5-10)14-13(2,12(15)16)8-9-17-3/h10-11,14H,4-9H2,1-3H3,(H,15,16). The summed E-state index contributed by atoms with van der Waals surface area (Å²) in [5.41, 5.74) is -0.860. The molecule has 1 saturated carbocycles. The Hall–Kier alpha value is -0.610. The Balaban J connectivity index is 2.51. The molecule has 4 heteroatoms. The second kappa shape index (κ2) is 6.36. The van der Waals surface area contributed by atoms with Gasteiger partial charge in [-0.05, 0) is 44.9 Å². The van der Waals surface area contributed by atoms with E-state index in [0.29, 0.717) is 19.1 Å². The molecule has 0 aromatic carbocycles. The Morgan fingerprint density at radius 2 is 2.00 bits per heavy atom. The van der Waals surface area contributed by atoms with Gasteiger partial charge in [-0.25, -0.2) is 0 Å². The van der Waals surface area contributed by atoms with E-state index in [-0.39, 0.29) is 0 Å². The Morgan fingerprint density at radius 3 is 2.47 bits per heavy atom. The summed E-state index contributed by atoms with van der Waals surface area (Å²) in [5.74, 6) is -0.00344. The molecule has 1 rings (SSSR count). The largest absolute Gasteiger partial charge is 0.480 e. The topological polar surface area (TPSA) is 58.6 Å². The quantitative estimate of drug-likeness (QED) is 0.749. The van der Waals surface area contributed by atoms with E-state index in [1.807, 2.05) is 0 Å². The van der Waals surface area contributed by atoms with Crippen LogP contribution in [0.15, 0.2) is 0 Å². The van der Waals surface area contributed by atoms with Crippen LogP contribution in [-0.4, -0.2) is 36.4 Å². The summed E-state index contributed by atoms with van der Waals surface area (Å²) in [5, 5.41) is 12.6. The van der Waals surface area contributed by atoms with Gasteiger partial charge in [-0.3, -0.25) is 10.1 Å². The van der Waals surface area contributed by atoms with Gasteiger partial charge in [-0.1, -0.05) is 6.92 Å². The fourth-order valence-electron chi connectivity index (χ4n) is 2.40. The molecule has 0 amide bonds. The maximum Gasteiger partial charge on any atom is 0.323 e. The lowest BCUT2D eigenvalue weighted by Crippen LogP contribution is -2.55. The molecule has 1 aliphatic rings. The Kier molecular flexibility index (Phi) is 5.40. The summed E-state index contributed by atoms with van der Waals surface area (Å²) in [6.45, 7) is 4.49. The van der Waals surface area contributed by atoms with Crippen molar-refractivity contribution in [1.82, 2.24) is 5.32 Å². The van der Waals surface area contributed by atoms with Crippen molar-refractivity contribution in [1.29, 1.82) is 0 Å². The third-order valence-corrected chi connectivity index (χ3v) is 3.82. The zero-order valence-corrected chi connectivity index (χ0v) is 11.2. The van der Waals surface area contributed by atoms with Crippen LogP contribution in [0.4, 0.5) is 0 Å². The van der Waals surface area contributed by atoms with Crippen LogP contribution in [0.2, 0.25) is 0 Å². The number of rotatable bonds is 6. The highest BCUT2D eigenvalue weighted by atomic mass is 16.5. The number of ether oxygens (including phenoxy) is 1. The van der Waals surface area contributed by atoms with Crippen LogP contribution in [0.1, 0.15) is 46.0 Å². The fourth-order valence-corrected chi connectivity index (χ4v) is 2.40. The number of carbonyl (C=O) groups is 1. The van der Waals surface area contributed by atoms with Crippen LogP contribution in [0.3, 0.4) is 0 Å². The van der Waals surface area contributed by atoms with Crippen molar-refractivity contribution >= 4 is 5.97 Å². The van der Waals surface area contributed by atoms with Crippen LogP contribution in [0, 0.1) is 5.92 Å². The van der Waals surface area contributed by atoms with Gasteiger partial charge < -0.3 is 9.84 Å². The summed E-state index contributed by atoms with van der Waals surface area (Å²) in [6, 6.07) is 0.337. The SMILES string of the molecule is COCCC(C)(NC1CCC(C)CC1)C(=O)O. The molecule has 0 saturated heterocycles. The van der Waals surface area contributed by atoms with Gasteiger partial charge >= 0.3 is 5.97 Å². The summed E-state index contributed by atoms with van der Waals surface area (Å²) < 4.78 is 4.99. The number of carboxylic acids is 1. The van der Waals surface area contributed by atoms with Gasteiger partial charge in [0.1, 0.15) is 5.54 Å². The third-order valence-electron chi connectivity index (χ3n) is 3.82. The van der Waals surface area contributed by atoms with Crippen LogP contribution in [0.25, 0.3) is 0 Å². The molecule has 0 aliphatic heterocycles. The normalized spacial score (nSPS) is 28.6. The molecule has 0 aromatic rings. The molecule has 1 aliphatic carbocycles. The molecular weight excluding hydrogens is 218 g/mol. The average Bonchev–Trinajstić information content (AvgIpc) is 2.29. The molecule has 0 bridgehead atoms. The molecule has 2 N–H and O–H groups in total. The summed E-state index contributed by atoms with van der Waals surface area (Å²) >= 11 is 0. The molecule has 1 atom stereocenters. The fraction of sp³-hybridized carbons (Fsp3) is 0.923. The highest BCUT2D eigenvalue weighted by molar-refractivity contribution is 5.78. The molecule has 4 nitrogen and oxygen atoms in total. The first-order chi connectivity index (χ1) is 7.98. The zero-order chi connectivity index (χ0) is 12.9. The number of hydrogen-bond acceptors (Lipinski definition) is 3. The molecule has 100 valence electrons. The van der Waals surface area contributed by atoms with Gasteiger partial charge in [-0.15, -0.1) is 0 Å². The first-order valence-electron chi connectivity index (χ1n) is 6.48. The van der Waals surface area contributed by atoms with Crippen molar-refractivity contribution in [2.24, 2.45) is 5.92 Å². The molecule has 0 radical (unpaired) electrons. The Morgan fingerprint density at radius 1 is 1.41 bits per heavy atom. The number of nitrogens with one attached hydrogen (secondary N) is 1. The second-order valence-corrected chi connectivity index (χ2v) is 5.48. The third kappa shape index (κ3) is 4.28. The molecule has 0 heterocycles. The maximum absolute atomic E-state index is 11.3. The number of hydrogen-bond donors (Lipinski definition) is 2. The maximum atomic E-state index is 11.3. The number of methoxy groups -OCH3 is 1. The van der Waals surface area contributed by atoms with Gasteiger partial charge in [0.05, 0.1) is 0 Å². The van der Waals surface area contributed by atoms with E-state index in [4.69, 9.17) is 4.74 Å². The minimum atomic E-state index is -0.860. The first-order valence-corrected chi connectivity index (χ1v) is 6.48. The summed E-state index contributed by atoms with van der Waals surface area (Å²) in [6.07, 6.45) is 5.05. The minimum Gasteiger partial charge on any atom is -0.480 e. The van der Waals surface area contributed by atoms with Crippen molar-refractivity contribution in [2.45, 2.75) is 57.5 Å². The van der Waals surface area contributed by atoms with E-state index in [2.05, 4.69) is 12.2 Å². The van der Waals surface area contributed by atoms with E-state index in [9.17, 15) is 9.90 Å². The number of aliphatic carboxylic acids is 1. The Bertz CT molecular complexity index is 249. The lowest BCUT2D eigenvalue weighted by molar-refractivity contribution is -0.145. The summed E-state index contributed by atoms with van der Waals surface area (Å²) in [4.78, 5) is 11.3. The van der Waals surface area contributed by atoms with Gasteiger partial charge in [0.2, 0.25) is 0 Å². The van der Waals surface area contributed by atoms with Gasteiger partial charge in [0.25, 0.3) is 0 Å². The van der Waals surface area contributed by atoms with Crippen molar-refractivity contribution in [3.05, 3.63) is 0 Å². The predicted molar refractivity (Wildman–Crippen MR) is 67.1 cm³/mol. The van der Waals surface area contributed by atoms with Gasteiger partial charge in [-0.2, -0.15) is 0 Å². The summed E-state index contributed by atoms with van der Waals surface area (Å²) in [7, 11) is 1.60.